The summed E-state index contributed by atoms with van der Waals surface area (Å²) in [7, 11) is 0. The molecular formula is C19H22N2O5. The van der Waals surface area contributed by atoms with E-state index in [2.05, 4.69) is 5.92 Å². The molecule has 0 aliphatic carbocycles. The third-order valence-corrected chi connectivity index (χ3v) is 4.22. The summed E-state index contributed by atoms with van der Waals surface area (Å²) in [5, 5.41) is 9.56. The highest BCUT2D eigenvalue weighted by Gasteiger charge is 2.36. The maximum Gasteiger partial charge on any atom is 0.326 e. The average molecular weight is 358 g/mol. The van der Waals surface area contributed by atoms with Gasteiger partial charge in [0.05, 0.1) is 19.6 Å². The molecule has 0 aromatic heterocycles. The van der Waals surface area contributed by atoms with Gasteiger partial charge in [-0.1, -0.05) is 30.2 Å². The van der Waals surface area contributed by atoms with Crippen molar-refractivity contribution < 1.29 is 24.2 Å². The number of esters is 1. The number of carbonyl (C=O) groups excluding carboxylic acids is 2. The van der Waals surface area contributed by atoms with Crippen LogP contribution in [-0.2, 0) is 27.3 Å². The minimum absolute atomic E-state index is 0.00340. The van der Waals surface area contributed by atoms with Crippen LogP contribution >= 0.6 is 0 Å². The average Bonchev–Trinajstić information content (AvgIpc) is 2.63. The number of carbonyl (C=O) groups is 3. The summed E-state index contributed by atoms with van der Waals surface area (Å²) < 4.78 is 4.87. The van der Waals surface area contributed by atoms with Crippen LogP contribution in [0.15, 0.2) is 24.3 Å². The summed E-state index contributed by atoms with van der Waals surface area (Å²) >= 11 is 0. The molecule has 0 bridgehead atoms. The van der Waals surface area contributed by atoms with E-state index in [4.69, 9.17) is 11.2 Å². The Kier molecular flexibility index (Phi) is 6.61. The van der Waals surface area contributed by atoms with Gasteiger partial charge in [-0.25, -0.2) is 9.59 Å². The lowest BCUT2D eigenvalue weighted by atomic mass is 9.94. The SMILES string of the molecule is C#CCN(CCC(=O)OCC)C(=O)N1Cc2ccccc2C[C@H]1C(=O)O. The minimum atomic E-state index is -1.07. The number of terminal acetylenes is 1. The number of nitrogens with zero attached hydrogens (tertiary/aromatic N) is 2. The van der Waals surface area contributed by atoms with E-state index >= 15 is 0 Å². The van der Waals surface area contributed by atoms with Crippen LogP contribution in [0.5, 0.6) is 0 Å². The predicted octanol–water partition coefficient (Wildman–Crippen LogP) is 1.51. The number of benzene rings is 1. The van der Waals surface area contributed by atoms with Gasteiger partial charge in [0, 0.05) is 19.5 Å². The molecule has 0 saturated heterocycles. The monoisotopic (exact) mass is 358 g/mol. The largest absolute Gasteiger partial charge is 0.480 e. The summed E-state index contributed by atoms with van der Waals surface area (Å²) in [5.41, 5.74) is 1.82. The molecule has 1 aromatic rings. The molecule has 0 spiro atoms. The maximum atomic E-state index is 12.9. The first-order valence-electron chi connectivity index (χ1n) is 8.42. The molecule has 1 aliphatic heterocycles. The van der Waals surface area contributed by atoms with Crippen molar-refractivity contribution in [3.05, 3.63) is 35.4 Å². The molecule has 1 heterocycles. The minimum Gasteiger partial charge on any atom is -0.480 e. The lowest BCUT2D eigenvalue weighted by molar-refractivity contribution is -0.144. The lowest BCUT2D eigenvalue weighted by Crippen LogP contribution is -2.53. The molecule has 1 aromatic carbocycles. The second-order valence-electron chi connectivity index (χ2n) is 5.92. The zero-order valence-corrected chi connectivity index (χ0v) is 14.7. The molecule has 2 rings (SSSR count). The highest BCUT2D eigenvalue weighted by molar-refractivity contribution is 5.84. The van der Waals surface area contributed by atoms with Gasteiger partial charge in [-0.05, 0) is 18.1 Å². The van der Waals surface area contributed by atoms with Gasteiger partial charge in [0.15, 0.2) is 0 Å². The number of carboxylic acid groups (broad SMARTS) is 1. The second kappa shape index (κ2) is 8.90. The fraction of sp³-hybridized carbons (Fsp3) is 0.421. The molecule has 0 unspecified atom stereocenters. The lowest BCUT2D eigenvalue weighted by Gasteiger charge is -2.37. The molecule has 0 fully saturated rings. The topological polar surface area (TPSA) is 87.2 Å². The van der Waals surface area contributed by atoms with Crippen LogP contribution in [-0.4, -0.2) is 58.6 Å². The Bertz CT molecular complexity index is 725. The molecule has 7 nitrogen and oxygen atoms in total. The number of rotatable bonds is 6. The first kappa shape index (κ1) is 19.3. The summed E-state index contributed by atoms with van der Waals surface area (Å²) in [6.07, 6.45) is 5.58. The molecule has 1 aliphatic rings. The summed E-state index contributed by atoms with van der Waals surface area (Å²) in [4.78, 5) is 38.8. The number of aliphatic carboxylic acids is 1. The Hall–Kier alpha value is -3.01. The van der Waals surface area contributed by atoms with Crippen molar-refractivity contribution in [1.82, 2.24) is 9.80 Å². The molecule has 1 atom stereocenters. The summed E-state index contributed by atoms with van der Waals surface area (Å²) in [5.74, 6) is 0.886. The summed E-state index contributed by atoms with van der Waals surface area (Å²) in [6, 6.07) is 5.97. The normalized spacial score (nSPS) is 15.5. The number of fused-ring (bicyclic) bond motifs is 1. The highest BCUT2D eigenvalue weighted by Crippen LogP contribution is 2.24. The first-order chi connectivity index (χ1) is 12.5. The molecule has 0 radical (unpaired) electrons. The molecule has 1 N–H and O–H groups in total. The number of amides is 2. The van der Waals surface area contributed by atoms with Gasteiger partial charge in [-0.2, -0.15) is 0 Å². The van der Waals surface area contributed by atoms with Crippen molar-refractivity contribution in [2.75, 3.05) is 19.7 Å². The van der Waals surface area contributed by atoms with E-state index in [9.17, 15) is 19.5 Å². The van der Waals surface area contributed by atoms with Crippen molar-refractivity contribution in [3.8, 4) is 12.3 Å². The van der Waals surface area contributed by atoms with Gasteiger partial charge in [-0.15, -0.1) is 6.42 Å². The van der Waals surface area contributed by atoms with Gasteiger partial charge in [-0.3, -0.25) is 4.79 Å². The maximum absolute atomic E-state index is 12.9. The highest BCUT2D eigenvalue weighted by atomic mass is 16.5. The first-order valence-corrected chi connectivity index (χ1v) is 8.42. The van der Waals surface area contributed by atoms with Gasteiger partial charge >= 0.3 is 18.0 Å². The van der Waals surface area contributed by atoms with Crippen LogP contribution < -0.4 is 0 Å². The Morgan fingerprint density at radius 1 is 1.35 bits per heavy atom. The third kappa shape index (κ3) is 4.54. The van der Waals surface area contributed by atoms with Gasteiger partial charge in [0.1, 0.15) is 6.04 Å². The van der Waals surface area contributed by atoms with E-state index in [0.717, 1.165) is 11.1 Å². The number of hydrogen-bond acceptors (Lipinski definition) is 4. The van der Waals surface area contributed by atoms with Crippen LogP contribution in [0.1, 0.15) is 24.5 Å². The van der Waals surface area contributed by atoms with Crippen LogP contribution in [0.4, 0.5) is 4.79 Å². The molecular weight excluding hydrogens is 336 g/mol. The fourth-order valence-corrected chi connectivity index (χ4v) is 2.94. The number of urea groups is 1. The van der Waals surface area contributed by atoms with E-state index < -0.39 is 24.0 Å². The van der Waals surface area contributed by atoms with Crippen molar-refractivity contribution in [3.63, 3.8) is 0 Å². The molecule has 2 amide bonds. The molecule has 7 heteroatoms. The van der Waals surface area contributed by atoms with Gasteiger partial charge in [0.25, 0.3) is 0 Å². The van der Waals surface area contributed by atoms with Crippen molar-refractivity contribution in [2.45, 2.75) is 32.4 Å². The zero-order chi connectivity index (χ0) is 19.1. The second-order valence-corrected chi connectivity index (χ2v) is 5.92. The molecule has 0 saturated carbocycles. The van der Waals surface area contributed by atoms with Crippen molar-refractivity contribution >= 4 is 18.0 Å². The van der Waals surface area contributed by atoms with Gasteiger partial charge < -0.3 is 19.6 Å². The van der Waals surface area contributed by atoms with Crippen molar-refractivity contribution in [2.24, 2.45) is 0 Å². The Labute approximate surface area is 152 Å². The van der Waals surface area contributed by atoms with Gasteiger partial charge in [0.2, 0.25) is 0 Å². The fourth-order valence-electron chi connectivity index (χ4n) is 2.94. The van der Waals surface area contributed by atoms with Crippen LogP contribution in [0.25, 0.3) is 0 Å². The summed E-state index contributed by atoms with van der Waals surface area (Å²) in [6.45, 7) is 2.21. The quantitative estimate of drug-likeness (QED) is 0.615. The molecule has 138 valence electrons. The van der Waals surface area contributed by atoms with E-state index in [1.807, 2.05) is 24.3 Å². The molecule has 26 heavy (non-hydrogen) atoms. The number of carboxylic acids is 1. The van der Waals surface area contributed by atoms with E-state index in [1.165, 1.54) is 9.80 Å². The van der Waals surface area contributed by atoms with E-state index in [-0.39, 0.29) is 39.1 Å². The predicted molar refractivity (Wildman–Crippen MR) is 94.2 cm³/mol. The van der Waals surface area contributed by atoms with Crippen molar-refractivity contribution in [1.29, 1.82) is 0 Å². The Morgan fingerprint density at radius 3 is 2.65 bits per heavy atom. The Morgan fingerprint density at radius 2 is 2.04 bits per heavy atom. The zero-order valence-electron chi connectivity index (χ0n) is 14.7. The standard InChI is InChI=1S/C19H22N2O5/c1-3-10-20(11-9-17(22)26-4-2)19(25)21-13-15-8-6-5-7-14(15)12-16(21)18(23)24/h1,5-8,16H,4,9-13H2,2H3,(H,23,24)/t16-/m0/s1. The smallest absolute Gasteiger partial charge is 0.326 e. The number of ether oxygens (including phenoxy) is 1. The van der Waals surface area contributed by atoms with Crippen LogP contribution in [0, 0.1) is 12.3 Å². The van der Waals surface area contributed by atoms with Crippen LogP contribution in [0.3, 0.4) is 0 Å². The van der Waals surface area contributed by atoms with E-state index in [1.54, 1.807) is 6.92 Å². The van der Waals surface area contributed by atoms with E-state index in [0.29, 0.717) is 0 Å². The Balaban J connectivity index is 2.18. The third-order valence-electron chi connectivity index (χ3n) is 4.22. The number of hydrogen-bond donors (Lipinski definition) is 1. The van der Waals surface area contributed by atoms with Crippen LogP contribution in [0.2, 0.25) is 0 Å².